The van der Waals surface area contributed by atoms with E-state index < -0.39 is 0 Å². The van der Waals surface area contributed by atoms with Gasteiger partial charge in [-0.1, -0.05) is 41.5 Å². The van der Waals surface area contributed by atoms with Crippen LogP contribution in [0.15, 0.2) is 52.3 Å². The van der Waals surface area contributed by atoms with Crippen LogP contribution in [-0.2, 0) is 0 Å². The van der Waals surface area contributed by atoms with Crippen LogP contribution in [0.2, 0.25) is 0 Å². The largest absolute Gasteiger partial charge is 0.351 e. The predicted molar refractivity (Wildman–Crippen MR) is 113 cm³/mol. The molecule has 144 valence electrons. The summed E-state index contributed by atoms with van der Waals surface area (Å²) in [5.74, 6) is -0.357. The third-order valence-corrected chi connectivity index (χ3v) is 5.99. The molecular formula is C22H23N3O2S. The second-order valence-corrected chi connectivity index (χ2v) is 8.03. The third kappa shape index (κ3) is 3.78. The van der Waals surface area contributed by atoms with Gasteiger partial charge < -0.3 is 5.32 Å². The number of hydrogen-bond acceptors (Lipinski definition) is 4. The molecule has 0 saturated heterocycles. The van der Waals surface area contributed by atoms with Crippen LogP contribution in [0.1, 0.15) is 48.0 Å². The van der Waals surface area contributed by atoms with Crippen molar-refractivity contribution in [2.75, 3.05) is 6.54 Å². The van der Waals surface area contributed by atoms with Crippen LogP contribution in [0.3, 0.4) is 0 Å². The monoisotopic (exact) mass is 393 g/mol. The lowest BCUT2D eigenvalue weighted by Crippen LogP contribution is -2.32. The van der Waals surface area contributed by atoms with Crippen LogP contribution in [-0.4, -0.2) is 21.8 Å². The Bertz CT molecular complexity index is 1090. The van der Waals surface area contributed by atoms with Crippen molar-refractivity contribution in [1.29, 1.82) is 0 Å². The quantitative estimate of drug-likeness (QED) is 0.656. The Morgan fingerprint density at radius 1 is 1.25 bits per heavy atom. The summed E-state index contributed by atoms with van der Waals surface area (Å²) < 4.78 is 1.54. The number of thiazole rings is 1. The lowest BCUT2D eigenvalue weighted by atomic mass is 9.97. The van der Waals surface area contributed by atoms with E-state index in [1.807, 2.05) is 36.6 Å². The zero-order valence-corrected chi connectivity index (χ0v) is 16.7. The number of rotatable bonds is 5. The van der Waals surface area contributed by atoms with Gasteiger partial charge in [-0.15, -0.1) is 11.3 Å². The van der Waals surface area contributed by atoms with E-state index >= 15 is 0 Å². The van der Waals surface area contributed by atoms with Crippen molar-refractivity contribution in [2.45, 2.75) is 39.0 Å². The van der Waals surface area contributed by atoms with Gasteiger partial charge in [-0.3, -0.25) is 14.0 Å². The number of carbonyl (C=O) groups excluding carboxylic acids is 1. The minimum absolute atomic E-state index is 0.0851. The second kappa shape index (κ2) is 8.10. The highest BCUT2D eigenvalue weighted by Crippen LogP contribution is 2.24. The summed E-state index contributed by atoms with van der Waals surface area (Å²) in [6, 6.07) is 7.98. The highest BCUT2D eigenvalue weighted by Gasteiger charge is 2.17. The van der Waals surface area contributed by atoms with E-state index in [1.165, 1.54) is 40.3 Å². The number of hydrogen-bond donors (Lipinski definition) is 1. The fraction of sp³-hybridized carbons (Fsp3) is 0.318. The molecule has 1 aliphatic rings. The van der Waals surface area contributed by atoms with Gasteiger partial charge in [0.2, 0.25) is 0 Å². The number of nitrogens with one attached hydrogen (secondary N) is 1. The summed E-state index contributed by atoms with van der Waals surface area (Å²) >= 11 is 1.40. The Hall–Kier alpha value is -2.73. The van der Waals surface area contributed by atoms with E-state index in [1.54, 1.807) is 0 Å². The van der Waals surface area contributed by atoms with Crippen LogP contribution in [0.4, 0.5) is 0 Å². The average molecular weight is 394 g/mol. The van der Waals surface area contributed by atoms with Gasteiger partial charge in [-0.2, -0.15) is 0 Å². The zero-order chi connectivity index (χ0) is 19.5. The molecule has 0 unspecified atom stereocenters. The van der Waals surface area contributed by atoms with Gasteiger partial charge in [0.1, 0.15) is 5.56 Å². The number of aromatic nitrogens is 2. The van der Waals surface area contributed by atoms with Gasteiger partial charge in [0.05, 0.1) is 5.69 Å². The van der Waals surface area contributed by atoms with Gasteiger partial charge in [0, 0.05) is 18.1 Å². The molecule has 0 saturated carbocycles. The maximum Gasteiger partial charge on any atom is 0.271 e. The third-order valence-electron chi connectivity index (χ3n) is 5.15. The van der Waals surface area contributed by atoms with E-state index in [4.69, 9.17) is 0 Å². The molecule has 0 radical (unpaired) electrons. The summed E-state index contributed by atoms with van der Waals surface area (Å²) in [5.41, 5.74) is 4.01. The topological polar surface area (TPSA) is 63.5 Å². The van der Waals surface area contributed by atoms with Crippen molar-refractivity contribution >= 4 is 22.2 Å². The predicted octanol–water partition coefficient (Wildman–Crippen LogP) is 4.35. The number of fused-ring (bicyclic) bond motifs is 1. The minimum atomic E-state index is -0.357. The molecule has 0 aliphatic heterocycles. The number of nitrogens with zero attached hydrogens (tertiary/aromatic N) is 2. The van der Waals surface area contributed by atoms with Crippen molar-refractivity contribution in [3.05, 3.63) is 69.0 Å². The maximum absolute atomic E-state index is 13.0. The Morgan fingerprint density at radius 3 is 2.82 bits per heavy atom. The summed E-state index contributed by atoms with van der Waals surface area (Å²) in [6.45, 7) is 2.57. The van der Waals surface area contributed by atoms with Crippen LogP contribution in [0.25, 0.3) is 16.2 Å². The molecular weight excluding hydrogens is 370 g/mol. The molecule has 1 N–H and O–H groups in total. The number of aryl methyl sites for hydroxylation is 1. The van der Waals surface area contributed by atoms with Crippen molar-refractivity contribution in [3.63, 3.8) is 0 Å². The van der Waals surface area contributed by atoms with Gasteiger partial charge >= 0.3 is 0 Å². The summed E-state index contributed by atoms with van der Waals surface area (Å²) in [6.07, 6.45) is 9.23. The molecule has 1 aromatic carbocycles. The van der Waals surface area contributed by atoms with Crippen LogP contribution < -0.4 is 10.9 Å². The normalized spacial score (nSPS) is 14.1. The Kier molecular flexibility index (Phi) is 5.39. The lowest BCUT2D eigenvalue weighted by molar-refractivity contribution is 0.0952. The molecule has 28 heavy (non-hydrogen) atoms. The molecule has 0 atom stereocenters. The fourth-order valence-corrected chi connectivity index (χ4v) is 4.40. The number of allylic oxidation sites excluding steroid dienone is 1. The molecule has 1 aliphatic carbocycles. The highest BCUT2D eigenvalue weighted by atomic mass is 32.1. The van der Waals surface area contributed by atoms with E-state index in [0.717, 1.165) is 36.1 Å². The molecule has 2 aromatic heterocycles. The smallest absolute Gasteiger partial charge is 0.271 e. The Labute approximate surface area is 167 Å². The Morgan fingerprint density at radius 2 is 2.07 bits per heavy atom. The lowest BCUT2D eigenvalue weighted by Gasteiger charge is -2.12. The molecule has 4 rings (SSSR count). The number of amides is 1. The number of benzene rings is 1. The molecule has 1 amide bonds. The first kappa shape index (κ1) is 18.6. The van der Waals surface area contributed by atoms with Crippen molar-refractivity contribution in [3.8, 4) is 11.3 Å². The van der Waals surface area contributed by atoms with Crippen molar-refractivity contribution < 1.29 is 4.79 Å². The first-order chi connectivity index (χ1) is 13.6. The summed E-state index contributed by atoms with van der Waals surface area (Å²) in [4.78, 5) is 30.5. The van der Waals surface area contributed by atoms with Crippen LogP contribution in [0, 0.1) is 6.92 Å². The molecule has 3 aromatic rings. The molecule has 0 bridgehead atoms. The van der Waals surface area contributed by atoms with Gasteiger partial charge in [-0.25, -0.2) is 4.98 Å². The minimum Gasteiger partial charge on any atom is -0.351 e. The van der Waals surface area contributed by atoms with Crippen molar-refractivity contribution in [1.82, 2.24) is 14.7 Å². The SMILES string of the molecule is Cc1ccc(-c2csc3ncc(C(=O)NCCC4=CCCCC4)c(=O)n23)cc1. The molecule has 5 nitrogen and oxygen atoms in total. The van der Waals surface area contributed by atoms with Gasteiger partial charge in [0.25, 0.3) is 11.5 Å². The summed E-state index contributed by atoms with van der Waals surface area (Å²) in [7, 11) is 0. The molecule has 6 heteroatoms. The molecule has 0 spiro atoms. The van der Waals surface area contributed by atoms with Crippen LogP contribution in [0.5, 0.6) is 0 Å². The van der Waals surface area contributed by atoms with Gasteiger partial charge in [-0.05, 0) is 44.6 Å². The van der Waals surface area contributed by atoms with Crippen LogP contribution >= 0.6 is 11.3 Å². The van der Waals surface area contributed by atoms with Crippen molar-refractivity contribution in [2.24, 2.45) is 0 Å². The van der Waals surface area contributed by atoms with Gasteiger partial charge in [0.15, 0.2) is 4.96 Å². The zero-order valence-electron chi connectivity index (χ0n) is 15.9. The van der Waals surface area contributed by atoms with E-state index in [9.17, 15) is 9.59 Å². The molecule has 2 heterocycles. The first-order valence-electron chi connectivity index (χ1n) is 9.66. The standard InChI is InChI=1S/C22H23N3O2S/c1-15-7-9-17(10-8-15)19-14-28-22-24-13-18(21(27)25(19)22)20(26)23-12-11-16-5-3-2-4-6-16/h5,7-10,13-14H,2-4,6,11-12H2,1H3,(H,23,26). The summed E-state index contributed by atoms with van der Waals surface area (Å²) in [5, 5.41) is 4.79. The fourth-order valence-electron chi connectivity index (χ4n) is 3.54. The molecule has 0 fully saturated rings. The van der Waals surface area contributed by atoms with E-state index in [0.29, 0.717) is 11.5 Å². The average Bonchev–Trinajstić information content (AvgIpc) is 3.14. The number of carbonyl (C=O) groups is 1. The van der Waals surface area contributed by atoms with E-state index in [-0.39, 0.29) is 17.0 Å². The first-order valence-corrected chi connectivity index (χ1v) is 10.5. The Balaban J connectivity index is 1.57. The van der Waals surface area contributed by atoms with E-state index in [2.05, 4.69) is 16.4 Å². The highest BCUT2D eigenvalue weighted by molar-refractivity contribution is 7.15. The second-order valence-electron chi connectivity index (χ2n) is 7.20. The maximum atomic E-state index is 13.0.